The van der Waals surface area contributed by atoms with Gasteiger partial charge >= 0.3 is 0 Å². The molecule has 9 heteroatoms. The van der Waals surface area contributed by atoms with E-state index in [2.05, 4.69) is 5.16 Å². The summed E-state index contributed by atoms with van der Waals surface area (Å²) in [7, 11) is 6.23. The Hall–Kier alpha value is -2.65. The standard InChI is InChI=1S/C17H22FN3O5/c1-20(2)16-14(17(24)21(3)8-11(23)9-22)15(26-19-16)10-5-6-12(18)13(7-10)25-4/h5-7,11,22-23H,8-9H2,1-4H3. The Balaban J connectivity index is 2.51. The van der Waals surface area contributed by atoms with Crippen molar-refractivity contribution in [3.05, 3.63) is 29.6 Å². The normalized spacial score (nSPS) is 12.0. The Kier molecular flexibility index (Phi) is 6.17. The molecule has 2 aromatic rings. The predicted molar refractivity (Wildman–Crippen MR) is 92.8 cm³/mol. The van der Waals surface area contributed by atoms with Crippen LogP contribution in [0, 0.1) is 5.82 Å². The largest absolute Gasteiger partial charge is 0.494 e. The van der Waals surface area contributed by atoms with Crippen LogP contribution in [0.2, 0.25) is 0 Å². The zero-order valence-electron chi connectivity index (χ0n) is 15.1. The fourth-order valence-electron chi connectivity index (χ4n) is 2.43. The highest BCUT2D eigenvalue weighted by atomic mass is 19.1. The quantitative estimate of drug-likeness (QED) is 0.753. The summed E-state index contributed by atoms with van der Waals surface area (Å²) < 4.78 is 24.0. The SMILES string of the molecule is COc1cc(-c2onc(N(C)C)c2C(=O)N(C)CC(O)CO)ccc1F. The Bertz CT molecular complexity index is 778. The Morgan fingerprint density at radius 1 is 1.38 bits per heavy atom. The molecular formula is C17H22FN3O5. The minimum absolute atomic E-state index is 0.00718. The van der Waals surface area contributed by atoms with Gasteiger partial charge in [0.1, 0.15) is 5.56 Å². The molecule has 8 nitrogen and oxygen atoms in total. The van der Waals surface area contributed by atoms with E-state index < -0.39 is 24.4 Å². The number of hydrogen-bond donors (Lipinski definition) is 2. The van der Waals surface area contributed by atoms with E-state index in [1.54, 1.807) is 19.0 Å². The lowest BCUT2D eigenvalue weighted by atomic mass is 10.1. The van der Waals surface area contributed by atoms with Crippen molar-refractivity contribution in [2.45, 2.75) is 6.10 Å². The Morgan fingerprint density at radius 3 is 2.65 bits per heavy atom. The highest BCUT2D eigenvalue weighted by Gasteiger charge is 2.29. The van der Waals surface area contributed by atoms with E-state index in [0.29, 0.717) is 11.4 Å². The monoisotopic (exact) mass is 367 g/mol. The number of carbonyl (C=O) groups is 1. The molecule has 1 aromatic carbocycles. The highest BCUT2D eigenvalue weighted by Crippen LogP contribution is 2.34. The second-order valence-corrected chi connectivity index (χ2v) is 5.98. The van der Waals surface area contributed by atoms with Crippen molar-refractivity contribution >= 4 is 11.7 Å². The zero-order valence-corrected chi connectivity index (χ0v) is 15.1. The molecule has 0 spiro atoms. The van der Waals surface area contributed by atoms with Gasteiger partial charge in [0.2, 0.25) is 0 Å². The first-order valence-corrected chi connectivity index (χ1v) is 7.85. The fraction of sp³-hybridized carbons (Fsp3) is 0.412. The molecule has 0 saturated carbocycles. The van der Waals surface area contributed by atoms with Crippen LogP contribution in [0.4, 0.5) is 10.2 Å². The topological polar surface area (TPSA) is 99.3 Å². The summed E-state index contributed by atoms with van der Waals surface area (Å²) in [6.45, 7) is -0.538. The lowest BCUT2D eigenvalue weighted by Crippen LogP contribution is -2.36. The predicted octanol–water partition coefficient (Wildman–Crippen LogP) is 0.980. The number of halogens is 1. The highest BCUT2D eigenvalue weighted by molar-refractivity contribution is 6.04. The molecule has 1 aromatic heterocycles. The molecule has 0 fully saturated rings. The minimum atomic E-state index is -1.07. The molecule has 26 heavy (non-hydrogen) atoms. The Labute approximate surface area is 150 Å². The van der Waals surface area contributed by atoms with Gasteiger partial charge in [0.15, 0.2) is 23.1 Å². The summed E-state index contributed by atoms with van der Waals surface area (Å²) >= 11 is 0. The van der Waals surface area contributed by atoms with E-state index in [1.165, 1.54) is 37.3 Å². The van der Waals surface area contributed by atoms with Crippen LogP contribution in [0.15, 0.2) is 22.7 Å². The number of ether oxygens (including phenoxy) is 1. The first-order chi connectivity index (χ1) is 12.3. The van der Waals surface area contributed by atoms with E-state index in [0.717, 1.165) is 0 Å². The maximum absolute atomic E-state index is 13.7. The second kappa shape index (κ2) is 8.15. The van der Waals surface area contributed by atoms with E-state index >= 15 is 0 Å². The molecule has 2 N–H and O–H groups in total. The molecule has 0 aliphatic rings. The summed E-state index contributed by atoms with van der Waals surface area (Å²) in [5.41, 5.74) is 0.583. The summed E-state index contributed by atoms with van der Waals surface area (Å²) in [5, 5.41) is 22.5. The van der Waals surface area contributed by atoms with Crippen LogP contribution >= 0.6 is 0 Å². The van der Waals surface area contributed by atoms with Crippen molar-refractivity contribution < 1.29 is 28.7 Å². The zero-order chi connectivity index (χ0) is 19.4. The molecule has 1 atom stereocenters. The van der Waals surface area contributed by atoms with Gasteiger partial charge in [-0.05, 0) is 18.2 Å². The fourth-order valence-corrected chi connectivity index (χ4v) is 2.43. The molecule has 1 unspecified atom stereocenters. The van der Waals surface area contributed by atoms with Gasteiger partial charge in [-0.15, -0.1) is 0 Å². The number of aliphatic hydroxyl groups is 2. The molecule has 0 aliphatic carbocycles. The minimum Gasteiger partial charge on any atom is -0.494 e. The number of methoxy groups -OCH3 is 1. The van der Waals surface area contributed by atoms with Crippen molar-refractivity contribution in [3.63, 3.8) is 0 Å². The number of likely N-dealkylation sites (N-methyl/N-ethyl adjacent to an activating group) is 1. The van der Waals surface area contributed by atoms with Gasteiger partial charge in [0.25, 0.3) is 5.91 Å². The summed E-state index contributed by atoms with van der Waals surface area (Å²) in [6.07, 6.45) is -1.07. The lowest BCUT2D eigenvalue weighted by Gasteiger charge is -2.21. The molecule has 0 radical (unpaired) electrons. The van der Waals surface area contributed by atoms with Crippen LogP contribution in [-0.4, -0.2) is 73.7 Å². The van der Waals surface area contributed by atoms with Crippen molar-refractivity contribution in [2.24, 2.45) is 0 Å². The third-order valence-corrected chi connectivity index (χ3v) is 3.77. The van der Waals surface area contributed by atoms with Gasteiger partial charge in [-0.2, -0.15) is 0 Å². The molecule has 0 aliphatic heterocycles. The van der Waals surface area contributed by atoms with E-state index in [-0.39, 0.29) is 23.6 Å². The van der Waals surface area contributed by atoms with E-state index in [9.17, 15) is 14.3 Å². The molecule has 142 valence electrons. The van der Waals surface area contributed by atoms with Crippen LogP contribution in [0.3, 0.4) is 0 Å². The third-order valence-electron chi connectivity index (χ3n) is 3.77. The van der Waals surface area contributed by atoms with E-state index in [4.69, 9.17) is 14.4 Å². The molecule has 2 rings (SSSR count). The van der Waals surface area contributed by atoms with Crippen molar-refractivity contribution in [1.82, 2.24) is 10.1 Å². The molecule has 0 bridgehead atoms. The first kappa shape index (κ1) is 19.7. The molecule has 0 saturated heterocycles. The maximum atomic E-state index is 13.7. The molecule has 1 amide bonds. The van der Waals surface area contributed by atoms with Gasteiger partial charge in [0.05, 0.1) is 19.8 Å². The number of amides is 1. The van der Waals surface area contributed by atoms with Crippen molar-refractivity contribution in [3.8, 4) is 17.1 Å². The van der Waals surface area contributed by atoms with Crippen LogP contribution in [0.1, 0.15) is 10.4 Å². The Morgan fingerprint density at radius 2 is 2.08 bits per heavy atom. The smallest absolute Gasteiger partial charge is 0.261 e. The number of anilines is 1. The van der Waals surface area contributed by atoms with Crippen LogP contribution in [-0.2, 0) is 0 Å². The number of hydrogen-bond acceptors (Lipinski definition) is 7. The second-order valence-electron chi connectivity index (χ2n) is 5.98. The average molecular weight is 367 g/mol. The first-order valence-electron chi connectivity index (χ1n) is 7.85. The number of benzene rings is 1. The van der Waals surface area contributed by atoms with Gasteiger partial charge in [-0.25, -0.2) is 4.39 Å². The summed E-state index contributed by atoms with van der Waals surface area (Å²) in [4.78, 5) is 15.8. The van der Waals surface area contributed by atoms with Gasteiger partial charge < -0.3 is 29.3 Å². The van der Waals surface area contributed by atoms with Crippen molar-refractivity contribution in [2.75, 3.05) is 46.3 Å². The van der Waals surface area contributed by atoms with Gasteiger partial charge in [-0.1, -0.05) is 5.16 Å². The lowest BCUT2D eigenvalue weighted by molar-refractivity contribution is 0.0520. The number of aromatic nitrogens is 1. The van der Waals surface area contributed by atoms with Crippen LogP contribution < -0.4 is 9.64 Å². The average Bonchev–Trinajstić information content (AvgIpc) is 3.06. The summed E-state index contributed by atoms with van der Waals surface area (Å²) in [6, 6.07) is 4.07. The van der Waals surface area contributed by atoms with Crippen molar-refractivity contribution in [1.29, 1.82) is 0 Å². The number of carbonyl (C=O) groups excluding carboxylic acids is 1. The number of nitrogens with zero attached hydrogens (tertiary/aromatic N) is 3. The maximum Gasteiger partial charge on any atom is 0.261 e. The van der Waals surface area contributed by atoms with Crippen LogP contribution in [0.25, 0.3) is 11.3 Å². The third kappa shape index (κ3) is 3.94. The molecule has 1 heterocycles. The van der Waals surface area contributed by atoms with Gasteiger partial charge in [0, 0.05) is 33.3 Å². The van der Waals surface area contributed by atoms with Gasteiger partial charge in [-0.3, -0.25) is 4.79 Å². The number of rotatable bonds is 7. The number of aliphatic hydroxyl groups excluding tert-OH is 2. The van der Waals surface area contributed by atoms with Crippen LogP contribution in [0.5, 0.6) is 5.75 Å². The van der Waals surface area contributed by atoms with E-state index in [1.807, 2.05) is 0 Å². The molecular weight excluding hydrogens is 345 g/mol. The summed E-state index contributed by atoms with van der Waals surface area (Å²) in [5.74, 6) is -0.547.